The van der Waals surface area contributed by atoms with E-state index in [9.17, 15) is 8.42 Å². The number of benzene rings is 1. The van der Waals surface area contributed by atoms with Crippen LogP contribution in [-0.2, 0) is 9.84 Å². The lowest BCUT2D eigenvalue weighted by Crippen LogP contribution is -2.42. The number of hydrogen-bond acceptors (Lipinski definition) is 5. The van der Waals surface area contributed by atoms with Gasteiger partial charge in [0, 0.05) is 0 Å². The molecule has 2 atom stereocenters. The molecule has 3 rings (SSSR count). The minimum absolute atomic E-state index is 0.00201. The van der Waals surface area contributed by atoms with Gasteiger partial charge >= 0.3 is 0 Å². The van der Waals surface area contributed by atoms with Gasteiger partial charge < -0.3 is 10.6 Å². The minimum atomic E-state index is -3.08. The maximum Gasteiger partial charge on any atom is 0.190 e. The van der Waals surface area contributed by atoms with Crippen LogP contribution in [0.4, 0.5) is 5.13 Å². The minimum Gasteiger partial charge on any atom is -0.357 e. The highest BCUT2D eigenvalue weighted by Crippen LogP contribution is 2.26. The van der Waals surface area contributed by atoms with Gasteiger partial charge in [-0.3, -0.25) is 0 Å². The zero-order chi connectivity index (χ0) is 15.9. The van der Waals surface area contributed by atoms with Crippen LogP contribution in [0.1, 0.15) is 5.56 Å². The van der Waals surface area contributed by atoms with Crippen LogP contribution in [0.15, 0.2) is 18.2 Å². The van der Waals surface area contributed by atoms with Gasteiger partial charge in [0.1, 0.15) is 0 Å². The Balaban J connectivity index is 1.68. The average Bonchev–Trinajstić information content (AvgIpc) is 2.88. The molecule has 2 unspecified atom stereocenters. The predicted molar refractivity (Wildman–Crippen MR) is 95.8 cm³/mol. The molecule has 1 saturated heterocycles. The molecule has 2 heterocycles. The van der Waals surface area contributed by atoms with E-state index in [-0.39, 0.29) is 17.5 Å². The lowest BCUT2D eigenvalue weighted by molar-refractivity contribution is 0.600. The molecular weight excluding hydrogens is 362 g/mol. The van der Waals surface area contributed by atoms with E-state index in [0.29, 0.717) is 10.2 Å². The molecule has 0 radical (unpaired) electrons. The number of nitrogens with one attached hydrogen (secondary N) is 2. The van der Waals surface area contributed by atoms with Gasteiger partial charge in [-0.2, -0.15) is 0 Å². The van der Waals surface area contributed by atoms with E-state index in [1.54, 1.807) is 0 Å². The summed E-state index contributed by atoms with van der Waals surface area (Å²) in [5.74, 6) is -0.0166. The lowest BCUT2D eigenvalue weighted by atomic mass is 10.2. The molecule has 118 valence electrons. The second-order valence-corrected chi connectivity index (χ2v) is 9.44. The van der Waals surface area contributed by atoms with Crippen LogP contribution < -0.4 is 10.6 Å². The van der Waals surface area contributed by atoms with Gasteiger partial charge in [0.05, 0.1) is 33.1 Å². The summed E-state index contributed by atoms with van der Waals surface area (Å²) in [6, 6.07) is 5.65. The van der Waals surface area contributed by atoms with Crippen LogP contribution in [0, 0.1) is 6.92 Å². The summed E-state index contributed by atoms with van der Waals surface area (Å²) in [5, 5.41) is 6.50. The van der Waals surface area contributed by atoms with E-state index in [0.717, 1.165) is 10.2 Å². The number of thiocarbonyl (C=S) groups is 1. The zero-order valence-corrected chi connectivity index (χ0v) is 14.9. The molecule has 1 aromatic heterocycles. The Morgan fingerprint density at radius 2 is 2.23 bits per heavy atom. The third kappa shape index (κ3) is 3.51. The molecule has 2 aromatic rings. The highest BCUT2D eigenvalue weighted by Gasteiger charge is 2.36. The Morgan fingerprint density at radius 3 is 2.91 bits per heavy atom. The molecule has 1 fully saturated rings. The topological polar surface area (TPSA) is 71.1 Å². The number of nitrogens with zero attached hydrogens (tertiary/aromatic N) is 1. The summed E-state index contributed by atoms with van der Waals surface area (Å²) in [4.78, 5) is 4.44. The van der Waals surface area contributed by atoms with Crippen molar-refractivity contribution in [2.24, 2.45) is 0 Å². The molecule has 1 aliphatic rings. The van der Waals surface area contributed by atoms with E-state index < -0.39 is 15.2 Å². The second kappa shape index (κ2) is 5.92. The van der Waals surface area contributed by atoms with Gasteiger partial charge in [-0.1, -0.05) is 17.4 Å². The molecule has 2 N–H and O–H groups in total. The van der Waals surface area contributed by atoms with Gasteiger partial charge in [-0.25, -0.2) is 13.4 Å². The Bertz CT molecular complexity index is 834. The molecule has 0 amide bonds. The quantitative estimate of drug-likeness (QED) is 0.620. The van der Waals surface area contributed by atoms with E-state index in [2.05, 4.69) is 21.7 Å². The predicted octanol–water partition coefficient (Wildman–Crippen LogP) is 2.30. The normalized spacial score (nSPS) is 23.5. The molecule has 1 aliphatic heterocycles. The van der Waals surface area contributed by atoms with Crippen LogP contribution in [0.2, 0.25) is 0 Å². The number of rotatable bonds is 2. The molecular formula is C13H14ClN3O2S3. The van der Waals surface area contributed by atoms with E-state index in [1.807, 2.05) is 19.1 Å². The number of aryl methyl sites for hydroxylation is 1. The average molecular weight is 376 g/mol. The third-order valence-corrected chi connectivity index (χ3v) is 6.89. The van der Waals surface area contributed by atoms with Crippen molar-refractivity contribution in [2.45, 2.75) is 18.3 Å². The lowest BCUT2D eigenvalue weighted by Gasteiger charge is -2.16. The SMILES string of the molecule is Cc1ccc2nc(NC(=S)NC3CS(=O)(=O)CC3Cl)sc2c1. The Kier molecular flexibility index (Phi) is 4.28. The maximum atomic E-state index is 11.5. The van der Waals surface area contributed by atoms with Crippen molar-refractivity contribution in [3.05, 3.63) is 23.8 Å². The number of fused-ring (bicyclic) bond motifs is 1. The first-order chi connectivity index (χ1) is 10.3. The van der Waals surface area contributed by atoms with Gasteiger partial charge in [0.25, 0.3) is 0 Å². The van der Waals surface area contributed by atoms with Crippen LogP contribution in [0.3, 0.4) is 0 Å². The Labute approximate surface area is 143 Å². The Hall–Kier alpha value is -0.960. The second-order valence-electron chi connectivity index (χ2n) is 5.29. The summed E-state index contributed by atoms with van der Waals surface area (Å²) in [6.07, 6.45) is 0. The van der Waals surface area contributed by atoms with Crippen LogP contribution in [0.5, 0.6) is 0 Å². The first kappa shape index (κ1) is 15.9. The number of anilines is 1. The van der Waals surface area contributed by atoms with Crippen LogP contribution in [0.25, 0.3) is 10.2 Å². The number of hydrogen-bond donors (Lipinski definition) is 2. The number of alkyl halides is 1. The molecule has 0 spiro atoms. The smallest absolute Gasteiger partial charge is 0.190 e. The van der Waals surface area contributed by atoms with Crippen molar-refractivity contribution in [1.82, 2.24) is 10.3 Å². The van der Waals surface area contributed by atoms with Crippen LogP contribution >= 0.6 is 35.2 Å². The monoisotopic (exact) mass is 375 g/mol. The van der Waals surface area contributed by atoms with E-state index in [4.69, 9.17) is 23.8 Å². The van der Waals surface area contributed by atoms with Crippen LogP contribution in [-0.4, -0.2) is 41.4 Å². The highest BCUT2D eigenvalue weighted by atomic mass is 35.5. The summed E-state index contributed by atoms with van der Waals surface area (Å²) in [6.45, 7) is 2.03. The molecule has 0 saturated carbocycles. The standard InChI is InChI=1S/C13H14ClN3O2S3/c1-7-2-3-9-11(4-7)21-13(16-9)17-12(20)15-10-6-22(18,19)5-8(10)14/h2-4,8,10H,5-6H2,1H3,(H2,15,16,17,20). The van der Waals surface area contributed by atoms with Crippen molar-refractivity contribution in [3.8, 4) is 0 Å². The highest BCUT2D eigenvalue weighted by molar-refractivity contribution is 7.91. The largest absolute Gasteiger partial charge is 0.357 e. The van der Waals surface area contributed by atoms with Crippen molar-refractivity contribution in [3.63, 3.8) is 0 Å². The van der Waals surface area contributed by atoms with Crippen molar-refractivity contribution in [2.75, 3.05) is 16.8 Å². The van der Waals surface area contributed by atoms with Gasteiger partial charge in [-0.15, -0.1) is 11.6 Å². The molecule has 1 aromatic carbocycles. The fourth-order valence-corrected chi connectivity index (χ4v) is 6.15. The van der Waals surface area contributed by atoms with Gasteiger partial charge in [-0.05, 0) is 36.8 Å². The summed E-state index contributed by atoms with van der Waals surface area (Å²) < 4.78 is 24.2. The fourth-order valence-electron chi connectivity index (χ4n) is 2.32. The fraction of sp³-hybridized carbons (Fsp3) is 0.385. The summed E-state index contributed by atoms with van der Waals surface area (Å²) in [5.41, 5.74) is 2.07. The molecule has 0 bridgehead atoms. The molecule has 0 aliphatic carbocycles. The molecule has 5 nitrogen and oxygen atoms in total. The van der Waals surface area contributed by atoms with Crippen molar-refractivity contribution in [1.29, 1.82) is 0 Å². The number of halogens is 1. The van der Waals surface area contributed by atoms with Gasteiger partial charge in [0.15, 0.2) is 20.1 Å². The van der Waals surface area contributed by atoms with Crippen molar-refractivity contribution < 1.29 is 8.42 Å². The third-order valence-electron chi connectivity index (χ3n) is 3.36. The number of aromatic nitrogens is 1. The molecule has 22 heavy (non-hydrogen) atoms. The molecule has 9 heteroatoms. The number of thiazole rings is 1. The first-order valence-corrected chi connectivity index (χ1v) is 10.1. The number of sulfone groups is 1. The summed E-state index contributed by atoms with van der Waals surface area (Å²) in [7, 11) is -3.08. The summed E-state index contributed by atoms with van der Waals surface area (Å²) >= 11 is 12.8. The first-order valence-electron chi connectivity index (χ1n) is 6.62. The van der Waals surface area contributed by atoms with Crippen molar-refractivity contribution >= 4 is 65.5 Å². The maximum absolute atomic E-state index is 11.5. The van der Waals surface area contributed by atoms with E-state index in [1.165, 1.54) is 16.9 Å². The van der Waals surface area contributed by atoms with Gasteiger partial charge in [0.2, 0.25) is 0 Å². The Morgan fingerprint density at radius 1 is 1.45 bits per heavy atom. The zero-order valence-electron chi connectivity index (χ0n) is 11.7. The van der Waals surface area contributed by atoms with E-state index >= 15 is 0 Å².